The van der Waals surface area contributed by atoms with Crippen molar-refractivity contribution in [2.45, 2.75) is 57.7 Å². The number of hydrogen-bond acceptors (Lipinski definition) is 7. The van der Waals surface area contributed by atoms with Gasteiger partial charge in [0, 0.05) is 43.0 Å². The van der Waals surface area contributed by atoms with Gasteiger partial charge >= 0.3 is 5.97 Å². The van der Waals surface area contributed by atoms with Crippen molar-refractivity contribution in [2.24, 2.45) is 0 Å². The van der Waals surface area contributed by atoms with Crippen LogP contribution in [0.5, 0.6) is 5.88 Å². The van der Waals surface area contributed by atoms with Crippen molar-refractivity contribution in [3.63, 3.8) is 0 Å². The number of anilines is 1. The molecule has 37 heavy (non-hydrogen) atoms. The van der Waals surface area contributed by atoms with Gasteiger partial charge in [-0.15, -0.1) is 0 Å². The van der Waals surface area contributed by atoms with E-state index < -0.39 is 17.2 Å². The average Bonchev–Trinajstić information content (AvgIpc) is 3.32. The highest BCUT2D eigenvalue weighted by molar-refractivity contribution is 5.94. The maximum Gasteiger partial charge on any atom is 0.343 e. The van der Waals surface area contributed by atoms with Crippen molar-refractivity contribution < 1.29 is 23.4 Å². The molecule has 1 aliphatic carbocycles. The fourth-order valence-electron chi connectivity index (χ4n) is 5.32. The Morgan fingerprint density at radius 1 is 1.27 bits per heavy atom. The van der Waals surface area contributed by atoms with Gasteiger partial charge in [-0.25, -0.2) is 14.2 Å². The summed E-state index contributed by atoms with van der Waals surface area (Å²) in [5.41, 5.74) is 1.36. The van der Waals surface area contributed by atoms with Gasteiger partial charge in [0.25, 0.3) is 0 Å². The van der Waals surface area contributed by atoms with E-state index in [2.05, 4.69) is 4.98 Å². The minimum absolute atomic E-state index is 0.0318. The van der Waals surface area contributed by atoms with Crippen LogP contribution in [-0.2, 0) is 9.47 Å². The smallest absolute Gasteiger partial charge is 0.343 e. The summed E-state index contributed by atoms with van der Waals surface area (Å²) in [5.74, 6) is -0.621. The first kappa shape index (κ1) is 25.2. The Kier molecular flexibility index (Phi) is 7.15. The molecule has 2 fully saturated rings. The van der Waals surface area contributed by atoms with Gasteiger partial charge in [-0.05, 0) is 57.7 Å². The number of fused-ring (bicyclic) bond motifs is 1. The van der Waals surface area contributed by atoms with E-state index in [0.717, 1.165) is 31.2 Å². The maximum atomic E-state index is 15.6. The molecule has 1 aliphatic heterocycles. The van der Waals surface area contributed by atoms with Crippen LogP contribution in [0.4, 0.5) is 10.1 Å². The molecule has 1 saturated carbocycles. The maximum absolute atomic E-state index is 15.6. The standard InChI is InChI=1S/C28H32FN3O5/c1-4-36-28(34)22-15-32(19-11-20(12-19)35-3)24-14-25(23(29)13-21(24)26(22)33)31-10-6-8-18(31)16-37-27-17(2)7-5-9-30-27/h5,7,9,13-15,18-20H,4,6,8,10-12,16H2,1-3H3/t18-,19?,20?/m1/s1. The van der Waals surface area contributed by atoms with Crippen LogP contribution in [0.2, 0.25) is 0 Å². The van der Waals surface area contributed by atoms with E-state index in [0.29, 0.717) is 30.2 Å². The Labute approximate surface area is 215 Å². The topological polar surface area (TPSA) is 82.9 Å². The molecular weight excluding hydrogens is 477 g/mol. The van der Waals surface area contributed by atoms with Crippen LogP contribution in [0.3, 0.4) is 0 Å². The Hall–Kier alpha value is -3.46. The van der Waals surface area contributed by atoms with Crippen molar-refractivity contribution in [1.82, 2.24) is 9.55 Å². The lowest BCUT2D eigenvalue weighted by atomic mass is 9.88. The van der Waals surface area contributed by atoms with Gasteiger partial charge in [0.1, 0.15) is 18.0 Å². The fraction of sp³-hybridized carbons (Fsp3) is 0.464. The summed E-state index contributed by atoms with van der Waals surface area (Å²) in [6.07, 6.45) is 6.61. The van der Waals surface area contributed by atoms with E-state index in [1.165, 1.54) is 6.07 Å². The van der Waals surface area contributed by atoms with Crippen molar-refractivity contribution in [3.8, 4) is 5.88 Å². The summed E-state index contributed by atoms with van der Waals surface area (Å²) >= 11 is 0. The number of pyridine rings is 2. The van der Waals surface area contributed by atoms with Crippen LogP contribution in [0.1, 0.15) is 54.6 Å². The molecule has 2 aromatic heterocycles. The van der Waals surface area contributed by atoms with Crippen molar-refractivity contribution in [3.05, 3.63) is 63.8 Å². The molecule has 0 radical (unpaired) electrons. The lowest BCUT2D eigenvalue weighted by Crippen LogP contribution is -2.36. The quantitative estimate of drug-likeness (QED) is 0.416. The van der Waals surface area contributed by atoms with Gasteiger partial charge in [-0.2, -0.15) is 0 Å². The number of rotatable bonds is 8. The van der Waals surface area contributed by atoms with Crippen LogP contribution in [-0.4, -0.2) is 54.5 Å². The second kappa shape index (κ2) is 10.5. The van der Waals surface area contributed by atoms with E-state index >= 15 is 4.39 Å². The molecule has 0 unspecified atom stereocenters. The second-order valence-corrected chi connectivity index (χ2v) is 9.73. The molecule has 196 valence electrons. The van der Waals surface area contributed by atoms with Crippen molar-refractivity contribution in [1.29, 1.82) is 0 Å². The molecule has 8 nitrogen and oxygen atoms in total. The molecule has 0 amide bonds. The number of hydrogen-bond donors (Lipinski definition) is 0. The number of halogens is 1. The lowest BCUT2D eigenvalue weighted by molar-refractivity contribution is 0.00722. The van der Waals surface area contributed by atoms with Crippen LogP contribution in [0, 0.1) is 12.7 Å². The first-order valence-corrected chi connectivity index (χ1v) is 12.8. The predicted molar refractivity (Wildman–Crippen MR) is 138 cm³/mol. The number of ether oxygens (including phenoxy) is 3. The number of esters is 1. The molecule has 1 saturated heterocycles. The van der Waals surface area contributed by atoms with Gasteiger partial charge < -0.3 is 23.7 Å². The lowest BCUT2D eigenvalue weighted by Gasteiger charge is -2.37. The third kappa shape index (κ3) is 4.80. The minimum atomic E-state index is -0.697. The van der Waals surface area contributed by atoms with Crippen molar-refractivity contribution >= 4 is 22.6 Å². The summed E-state index contributed by atoms with van der Waals surface area (Å²) < 4.78 is 34.1. The third-order valence-corrected chi connectivity index (χ3v) is 7.45. The number of carbonyl (C=O) groups is 1. The zero-order valence-electron chi connectivity index (χ0n) is 21.4. The van der Waals surface area contributed by atoms with E-state index in [-0.39, 0.29) is 35.7 Å². The van der Waals surface area contributed by atoms with Crippen LogP contribution in [0.15, 0.2) is 41.5 Å². The minimum Gasteiger partial charge on any atom is -0.475 e. The van der Waals surface area contributed by atoms with E-state index in [1.54, 1.807) is 32.5 Å². The molecule has 5 rings (SSSR count). The molecule has 0 N–H and O–H groups in total. The van der Waals surface area contributed by atoms with Gasteiger partial charge in [0.05, 0.1) is 30.0 Å². The number of aromatic nitrogens is 2. The number of aryl methyl sites for hydroxylation is 1. The molecule has 0 spiro atoms. The Balaban J connectivity index is 1.52. The fourth-order valence-corrected chi connectivity index (χ4v) is 5.32. The SMILES string of the molecule is CCOC(=O)c1cn(C2CC(OC)C2)c2cc(N3CCC[C@@H]3COc3ncccc3C)c(F)cc2c1=O. The average molecular weight is 510 g/mol. The molecule has 1 aromatic carbocycles. The van der Waals surface area contributed by atoms with Crippen LogP contribution < -0.4 is 15.1 Å². The number of benzene rings is 1. The van der Waals surface area contributed by atoms with Gasteiger partial charge in [0.15, 0.2) is 0 Å². The summed E-state index contributed by atoms with van der Waals surface area (Å²) in [4.78, 5) is 32.1. The van der Waals surface area contributed by atoms with Gasteiger partial charge in [0.2, 0.25) is 11.3 Å². The largest absolute Gasteiger partial charge is 0.475 e. The summed E-state index contributed by atoms with van der Waals surface area (Å²) in [7, 11) is 1.67. The van der Waals surface area contributed by atoms with E-state index in [1.807, 2.05) is 28.5 Å². The Morgan fingerprint density at radius 3 is 2.81 bits per heavy atom. The number of carbonyl (C=O) groups excluding carboxylic acids is 1. The zero-order valence-corrected chi connectivity index (χ0v) is 21.4. The number of methoxy groups -OCH3 is 1. The molecule has 3 aromatic rings. The second-order valence-electron chi connectivity index (χ2n) is 9.73. The molecule has 2 aliphatic rings. The highest BCUT2D eigenvalue weighted by Gasteiger charge is 2.33. The molecular formula is C28H32FN3O5. The zero-order chi connectivity index (χ0) is 26.1. The summed E-state index contributed by atoms with van der Waals surface area (Å²) in [5, 5.41) is 0.170. The molecule has 9 heteroatoms. The highest BCUT2D eigenvalue weighted by Crippen LogP contribution is 2.38. The number of nitrogens with zero attached hydrogens (tertiary/aromatic N) is 3. The summed E-state index contributed by atoms with van der Waals surface area (Å²) in [6, 6.07) is 6.80. The first-order chi connectivity index (χ1) is 17.9. The molecule has 0 bridgehead atoms. The first-order valence-electron chi connectivity index (χ1n) is 12.8. The normalized spacial score (nSPS) is 21.2. The molecule has 3 heterocycles. The predicted octanol–water partition coefficient (Wildman–Crippen LogP) is 4.42. The summed E-state index contributed by atoms with van der Waals surface area (Å²) in [6.45, 7) is 4.83. The van der Waals surface area contributed by atoms with Gasteiger partial charge in [-0.3, -0.25) is 4.79 Å². The Morgan fingerprint density at radius 2 is 2.08 bits per heavy atom. The van der Waals surface area contributed by atoms with Crippen LogP contribution >= 0.6 is 0 Å². The highest BCUT2D eigenvalue weighted by atomic mass is 19.1. The van der Waals surface area contributed by atoms with E-state index in [9.17, 15) is 9.59 Å². The monoisotopic (exact) mass is 509 g/mol. The molecule has 1 atom stereocenters. The van der Waals surface area contributed by atoms with Crippen LogP contribution in [0.25, 0.3) is 10.9 Å². The third-order valence-electron chi connectivity index (χ3n) is 7.45. The van der Waals surface area contributed by atoms with E-state index in [4.69, 9.17) is 14.2 Å². The van der Waals surface area contributed by atoms with Gasteiger partial charge in [-0.1, -0.05) is 6.07 Å². The Bertz CT molecular complexity index is 1370. The van der Waals surface area contributed by atoms with Crippen molar-refractivity contribution in [2.75, 3.05) is 31.8 Å².